The molecule has 0 radical (unpaired) electrons. The van der Waals surface area contributed by atoms with Crippen molar-refractivity contribution in [1.29, 1.82) is 0 Å². The highest BCUT2D eigenvalue weighted by molar-refractivity contribution is 6.31. The first kappa shape index (κ1) is 14.2. The lowest BCUT2D eigenvalue weighted by molar-refractivity contribution is -0.384. The van der Waals surface area contributed by atoms with E-state index in [1.165, 1.54) is 18.2 Å². The third-order valence-corrected chi connectivity index (χ3v) is 2.47. The van der Waals surface area contributed by atoms with E-state index in [0.717, 1.165) is 6.92 Å². The summed E-state index contributed by atoms with van der Waals surface area (Å²) < 4.78 is 0. The molecule has 0 saturated carbocycles. The average Bonchev–Trinajstić information content (AvgIpc) is 2.26. The number of aliphatic carboxylic acids is 1. The van der Waals surface area contributed by atoms with Crippen molar-refractivity contribution in [2.75, 3.05) is 11.9 Å². The van der Waals surface area contributed by atoms with Crippen LogP contribution in [0.4, 0.5) is 11.4 Å². The normalized spacial score (nSPS) is 13.7. The number of hydrogen-bond donors (Lipinski definition) is 3. The number of aliphatic hydroxyl groups is 1. The lowest BCUT2D eigenvalue weighted by Crippen LogP contribution is -2.41. The molecule has 1 rings (SSSR count). The summed E-state index contributed by atoms with van der Waals surface area (Å²) in [6.07, 6.45) is 0. The Morgan fingerprint density at radius 1 is 1.61 bits per heavy atom. The summed E-state index contributed by atoms with van der Waals surface area (Å²) in [6.45, 7) is 0.697. The molecule has 0 aromatic heterocycles. The summed E-state index contributed by atoms with van der Waals surface area (Å²) in [4.78, 5) is 20.8. The minimum absolute atomic E-state index is 0.0500. The second kappa shape index (κ2) is 5.19. The molecule has 0 bridgehead atoms. The number of nitrogens with one attached hydrogen (secondary N) is 1. The Balaban J connectivity index is 2.94. The first-order chi connectivity index (χ1) is 8.24. The second-order valence-corrected chi connectivity index (χ2v) is 4.29. The van der Waals surface area contributed by atoms with E-state index in [0.29, 0.717) is 0 Å². The van der Waals surface area contributed by atoms with E-state index in [2.05, 4.69) is 5.32 Å². The lowest BCUT2D eigenvalue weighted by Gasteiger charge is -2.19. The van der Waals surface area contributed by atoms with E-state index in [1.807, 2.05) is 0 Å². The molecule has 7 nitrogen and oxygen atoms in total. The Kier molecular flexibility index (Phi) is 4.10. The zero-order valence-corrected chi connectivity index (χ0v) is 10.1. The van der Waals surface area contributed by atoms with Gasteiger partial charge in [-0.2, -0.15) is 0 Å². The number of anilines is 1. The zero-order chi connectivity index (χ0) is 13.9. The molecule has 0 amide bonds. The highest BCUT2D eigenvalue weighted by Gasteiger charge is 2.30. The molecule has 1 aromatic rings. The lowest BCUT2D eigenvalue weighted by atomic mass is 10.1. The number of nitro benzene ring substituents is 1. The van der Waals surface area contributed by atoms with Crippen LogP contribution in [0.25, 0.3) is 0 Å². The van der Waals surface area contributed by atoms with Crippen LogP contribution >= 0.6 is 11.6 Å². The third-order valence-electron chi connectivity index (χ3n) is 2.24. The fraction of sp³-hybridized carbons (Fsp3) is 0.300. The Labute approximate surface area is 107 Å². The highest BCUT2D eigenvalue weighted by atomic mass is 35.5. The van der Waals surface area contributed by atoms with Gasteiger partial charge in [-0.05, 0) is 19.1 Å². The third kappa shape index (κ3) is 3.31. The van der Waals surface area contributed by atoms with E-state index < -0.39 is 16.5 Å². The largest absolute Gasteiger partial charge is 0.479 e. The van der Waals surface area contributed by atoms with Crippen LogP contribution in [-0.4, -0.2) is 33.3 Å². The maximum absolute atomic E-state index is 10.7. The molecule has 3 N–H and O–H groups in total. The van der Waals surface area contributed by atoms with Gasteiger partial charge in [-0.1, -0.05) is 11.6 Å². The maximum atomic E-state index is 10.7. The van der Waals surface area contributed by atoms with Crippen LogP contribution in [0.15, 0.2) is 18.2 Å². The van der Waals surface area contributed by atoms with Crippen LogP contribution in [0, 0.1) is 10.1 Å². The predicted octanol–water partition coefficient (Wildman–Crippen LogP) is 1.50. The molecule has 0 fully saturated rings. The second-order valence-electron chi connectivity index (χ2n) is 3.85. The topological polar surface area (TPSA) is 113 Å². The number of hydrogen-bond acceptors (Lipinski definition) is 5. The quantitative estimate of drug-likeness (QED) is 0.554. The molecule has 0 aliphatic rings. The minimum atomic E-state index is -2.03. The summed E-state index contributed by atoms with van der Waals surface area (Å²) in [5.74, 6) is -1.43. The van der Waals surface area contributed by atoms with E-state index in [4.69, 9.17) is 16.7 Å². The fourth-order valence-corrected chi connectivity index (χ4v) is 1.32. The van der Waals surface area contributed by atoms with E-state index in [-0.39, 0.29) is 22.9 Å². The van der Waals surface area contributed by atoms with Gasteiger partial charge in [-0.15, -0.1) is 0 Å². The van der Waals surface area contributed by atoms with Crippen LogP contribution < -0.4 is 5.32 Å². The SMILES string of the molecule is CC(O)(CNc1cc(Cl)ccc1[N+](=O)[O-])C(=O)O. The zero-order valence-electron chi connectivity index (χ0n) is 9.38. The molecule has 0 saturated heterocycles. The Hall–Kier alpha value is -1.86. The van der Waals surface area contributed by atoms with E-state index in [1.54, 1.807) is 0 Å². The number of halogens is 1. The maximum Gasteiger partial charge on any atom is 0.337 e. The summed E-state index contributed by atoms with van der Waals surface area (Å²) >= 11 is 5.69. The molecule has 1 aromatic carbocycles. The molecule has 0 aliphatic carbocycles. The first-order valence-corrected chi connectivity index (χ1v) is 5.25. The van der Waals surface area contributed by atoms with Crippen LogP contribution in [0.1, 0.15) is 6.92 Å². The Morgan fingerprint density at radius 2 is 2.22 bits per heavy atom. The molecular formula is C10H11ClN2O5. The van der Waals surface area contributed by atoms with Gasteiger partial charge in [0.05, 0.1) is 11.5 Å². The first-order valence-electron chi connectivity index (χ1n) is 4.87. The minimum Gasteiger partial charge on any atom is -0.479 e. The number of benzene rings is 1. The van der Waals surface area contributed by atoms with Crippen molar-refractivity contribution in [2.24, 2.45) is 0 Å². The van der Waals surface area contributed by atoms with Gasteiger partial charge in [-0.3, -0.25) is 10.1 Å². The fourth-order valence-electron chi connectivity index (χ4n) is 1.15. The smallest absolute Gasteiger partial charge is 0.337 e. The summed E-state index contributed by atoms with van der Waals surface area (Å²) in [5.41, 5.74) is -2.23. The molecule has 0 spiro atoms. The van der Waals surface area contributed by atoms with E-state index >= 15 is 0 Å². The van der Waals surface area contributed by atoms with Gasteiger partial charge in [0, 0.05) is 11.1 Å². The molecule has 98 valence electrons. The van der Waals surface area contributed by atoms with Gasteiger partial charge in [0.2, 0.25) is 0 Å². The van der Waals surface area contributed by atoms with Crippen molar-refractivity contribution >= 4 is 28.9 Å². The van der Waals surface area contributed by atoms with Crippen LogP contribution in [0.2, 0.25) is 5.02 Å². The van der Waals surface area contributed by atoms with Gasteiger partial charge >= 0.3 is 5.97 Å². The van der Waals surface area contributed by atoms with Crippen molar-refractivity contribution in [1.82, 2.24) is 0 Å². The van der Waals surface area contributed by atoms with Gasteiger partial charge in [0.1, 0.15) is 5.69 Å². The summed E-state index contributed by atoms with van der Waals surface area (Å²) in [5, 5.41) is 31.7. The number of nitro groups is 1. The van der Waals surface area contributed by atoms with Crippen molar-refractivity contribution in [3.8, 4) is 0 Å². The Morgan fingerprint density at radius 3 is 2.72 bits per heavy atom. The Bertz CT molecular complexity index is 489. The summed E-state index contributed by atoms with van der Waals surface area (Å²) in [7, 11) is 0. The predicted molar refractivity (Wildman–Crippen MR) is 64.9 cm³/mol. The molecule has 8 heteroatoms. The van der Waals surface area contributed by atoms with E-state index in [9.17, 15) is 20.0 Å². The molecule has 0 heterocycles. The van der Waals surface area contributed by atoms with Crippen molar-refractivity contribution in [3.05, 3.63) is 33.3 Å². The molecule has 0 aliphatic heterocycles. The van der Waals surface area contributed by atoms with Gasteiger partial charge < -0.3 is 15.5 Å². The molecule has 1 atom stereocenters. The van der Waals surface area contributed by atoms with Crippen LogP contribution in [-0.2, 0) is 4.79 Å². The molecule has 18 heavy (non-hydrogen) atoms. The number of carboxylic acid groups (broad SMARTS) is 1. The molecule has 1 unspecified atom stereocenters. The monoisotopic (exact) mass is 274 g/mol. The number of nitrogens with zero attached hydrogens (tertiary/aromatic N) is 1. The number of carboxylic acids is 1. The van der Waals surface area contributed by atoms with Crippen molar-refractivity contribution < 1.29 is 19.9 Å². The van der Waals surface area contributed by atoms with Gasteiger partial charge in [-0.25, -0.2) is 4.79 Å². The summed E-state index contributed by atoms with van der Waals surface area (Å²) in [6, 6.07) is 3.83. The number of carbonyl (C=O) groups is 1. The van der Waals surface area contributed by atoms with Gasteiger partial charge in [0.25, 0.3) is 5.69 Å². The highest BCUT2D eigenvalue weighted by Crippen LogP contribution is 2.27. The average molecular weight is 275 g/mol. The molecular weight excluding hydrogens is 264 g/mol. The standard InChI is InChI=1S/C10H11ClN2O5/c1-10(16,9(14)15)5-12-7-4-6(11)2-3-8(7)13(17)18/h2-4,12,16H,5H2,1H3,(H,14,15). The number of rotatable bonds is 5. The van der Waals surface area contributed by atoms with Crippen LogP contribution in [0.5, 0.6) is 0 Å². The van der Waals surface area contributed by atoms with Gasteiger partial charge in [0.15, 0.2) is 5.60 Å². The van der Waals surface area contributed by atoms with Crippen molar-refractivity contribution in [3.63, 3.8) is 0 Å². The van der Waals surface area contributed by atoms with Crippen LogP contribution in [0.3, 0.4) is 0 Å². The van der Waals surface area contributed by atoms with Crippen molar-refractivity contribution in [2.45, 2.75) is 12.5 Å².